The normalized spacial score (nSPS) is 24.7. The number of piperidine rings is 1. The van der Waals surface area contributed by atoms with Crippen molar-refractivity contribution in [3.8, 4) is 11.5 Å². The summed E-state index contributed by atoms with van der Waals surface area (Å²) in [5, 5.41) is 14.5. The molecule has 2 aromatic carbocycles. The molecule has 0 unspecified atom stereocenters. The van der Waals surface area contributed by atoms with Crippen molar-refractivity contribution in [1.29, 1.82) is 0 Å². The van der Waals surface area contributed by atoms with Gasteiger partial charge in [0.1, 0.15) is 29.8 Å². The summed E-state index contributed by atoms with van der Waals surface area (Å²) in [7, 11) is 0. The fourth-order valence-corrected chi connectivity index (χ4v) is 4.63. The third-order valence-corrected chi connectivity index (χ3v) is 6.31. The van der Waals surface area contributed by atoms with Crippen LogP contribution in [0.1, 0.15) is 32.6 Å². The van der Waals surface area contributed by atoms with Crippen molar-refractivity contribution >= 4 is 23.2 Å². The fraction of sp³-hybridized carbons (Fsp3) is 0.458. The van der Waals surface area contributed by atoms with E-state index < -0.39 is 6.10 Å². The lowest BCUT2D eigenvalue weighted by atomic mass is 10.0. The number of amides is 1. The molecule has 4 rings (SSSR count). The molecule has 7 heteroatoms. The van der Waals surface area contributed by atoms with Crippen LogP contribution in [0.3, 0.4) is 0 Å². The van der Waals surface area contributed by atoms with Gasteiger partial charge in [0.25, 0.3) is 0 Å². The Morgan fingerprint density at radius 1 is 1.03 bits per heavy atom. The number of para-hydroxylation sites is 2. The minimum absolute atomic E-state index is 0.0782. The van der Waals surface area contributed by atoms with Crippen LogP contribution in [-0.2, 0) is 4.79 Å². The van der Waals surface area contributed by atoms with Gasteiger partial charge in [-0.2, -0.15) is 0 Å². The van der Waals surface area contributed by atoms with Gasteiger partial charge in [0.15, 0.2) is 0 Å². The summed E-state index contributed by atoms with van der Waals surface area (Å²) in [5.41, 5.74) is 0.630. The van der Waals surface area contributed by atoms with Crippen LogP contribution in [0.5, 0.6) is 11.5 Å². The standard InChI is InChI=1S/C24H29ClN2O4/c1-16(28)26-20-4-2-3-5-22(20)31-23-11-10-21(24(23)29)27-14-12-19(13-15-27)30-18-8-6-17(25)7-9-18/h2-9,19,21,23-24,29H,10-15H2,1H3,(H,26,28)/t21-,23+,24-/m1/s1. The fourth-order valence-electron chi connectivity index (χ4n) is 4.51. The van der Waals surface area contributed by atoms with Crippen LogP contribution < -0.4 is 14.8 Å². The summed E-state index contributed by atoms with van der Waals surface area (Å²) in [4.78, 5) is 13.8. The number of anilines is 1. The Bertz CT molecular complexity index is 883. The number of aliphatic hydroxyl groups is 1. The van der Waals surface area contributed by atoms with Crippen LogP contribution in [-0.4, -0.2) is 53.4 Å². The zero-order chi connectivity index (χ0) is 21.8. The maximum Gasteiger partial charge on any atom is 0.221 e. The van der Waals surface area contributed by atoms with Gasteiger partial charge in [-0.15, -0.1) is 0 Å². The van der Waals surface area contributed by atoms with Gasteiger partial charge < -0.3 is 19.9 Å². The highest BCUT2D eigenvalue weighted by Gasteiger charge is 2.41. The second-order valence-electron chi connectivity index (χ2n) is 8.28. The van der Waals surface area contributed by atoms with Crippen molar-refractivity contribution in [2.45, 2.75) is 57.0 Å². The average Bonchev–Trinajstić information content (AvgIpc) is 3.11. The highest BCUT2D eigenvalue weighted by molar-refractivity contribution is 6.30. The lowest BCUT2D eigenvalue weighted by Crippen LogP contribution is -2.49. The van der Waals surface area contributed by atoms with Crippen molar-refractivity contribution < 1.29 is 19.4 Å². The molecular formula is C24H29ClN2O4. The van der Waals surface area contributed by atoms with Gasteiger partial charge in [-0.25, -0.2) is 0 Å². The lowest BCUT2D eigenvalue weighted by molar-refractivity contribution is -0.114. The van der Waals surface area contributed by atoms with E-state index in [9.17, 15) is 9.90 Å². The highest BCUT2D eigenvalue weighted by atomic mass is 35.5. The van der Waals surface area contributed by atoms with Crippen LogP contribution >= 0.6 is 11.6 Å². The second-order valence-corrected chi connectivity index (χ2v) is 8.71. The van der Waals surface area contributed by atoms with Gasteiger partial charge in [0.05, 0.1) is 5.69 Å². The Kier molecular flexibility index (Phi) is 7.00. The van der Waals surface area contributed by atoms with Gasteiger partial charge in [0.2, 0.25) is 5.91 Å². The molecule has 1 aliphatic heterocycles. The van der Waals surface area contributed by atoms with E-state index in [1.807, 2.05) is 42.5 Å². The van der Waals surface area contributed by atoms with Gasteiger partial charge in [-0.3, -0.25) is 9.69 Å². The van der Waals surface area contributed by atoms with Gasteiger partial charge in [-0.05, 0) is 62.1 Å². The molecule has 31 heavy (non-hydrogen) atoms. The number of nitrogens with zero attached hydrogens (tertiary/aromatic N) is 1. The van der Waals surface area contributed by atoms with E-state index in [1.165, 1.54) is 6.92 Å². The second kappa shape index (κ2) is 9.90. The molecule has 3 atom stereocenters. The highest BCUT2D eigenvalue weighted by Crippen LogP contribution is 2.33. The summed E-state index contributed by atoms with van der Waals surface area (Å²) >= 11 is 5.94. The minimum Gasteiger partial charge on any atom is -0.490 e. The molecule has 166 valence electrons. The molecule has 6 nitrogen and oxygen atoms in total. The third-order valence-electron chi connectivity index (χ3n) is 6.06. The average molecular weight is 445 g/mol. The van der Waals surface area contributed by atoms with E-state index >= 15 is 0 Å². The predicted molar refractivity (Wildman–Crippen MR) is 121 cm³/mol. The third kappa shape index (κ3) is 5.50. The topological polar surface area (TPSA) is 71.0 Å². The smallest absolute Gasteiger partial charge is 0.221 e. The number of ether oxygens (including phenoxy) is 2. The molecule has 2 aromatic rings. The molecule has 1 heterocycles. The van der Waals surface area contributed by atoms with Gasteiger partial charge >= 0.3 is 0 Å². The Balaban J connectivity index is 1.30. The van der Waals surface area contributed by atoms with Crippen molar-refractivity contribution in [1.82, 2.24) is 4.90 Å². The zero-order valence-corrected chi connectivity index (χ0v) is 18.4. The largest absolute Gasteiger partial charge is 0.490 e. The number of aliphatic hydroxyl groups excluding tert-OH is 1. The molecule has 1 saturated heterocycles. The maximum absolute atomic E-state index is 11.4. The van der Waals surface area contributed by atoms with E-state index in [4.69, 9.17) is 21.1 Å². The Morgan fingerprint density at radius 2 is 1.74 bits per heavy atom. The molecular weight excluding hydrogens is 416 g/mol. The molecule has 2 fully saturated rings. The van der Waals surface area contributed by atoms with E-state index in [1.54, 1.807) is 6.07 Å². The lowest BCUT2D eigenvalue weighted by Gasteiger charge is -2.37. The minimum atomic E-state index is -0.570. The summed E-state index contributed by atoms with van der Waals surface area (Å²) < 4.78 is 12.2. The van der Waals surface area contributed by atoms with Crippen molar-refractivity contribution in [3.63, 3.8) is 0 Å². The summed E-state index contributed by atoms with van der Waals surface area (Å²) in [5.74, 6) is 1.29. The van der Waals surface area contributed by atoms with Crippen LogP contribution in [0.4, 0.5) is 5.69 Å². The number of halogens is 1. The first-order valence-corrected chi connectivity index (χ1v) is 11.2. The van der Waals surface area contributed by atoms with Gasteiger partial charge in [0, 0.05) is 31.1 Å². The molecule has 2 aliphatic rings. The molecule has 0 aromatic heterocycles. The number of nitrogens with one attached hydrogen (secondary N) is 1. The quantitative estimate of drug-likeness (QED) is 0.701. The molecule has 0 spiro atoms. The summed E-state index contributed by atoms with van der Waals surface area (Å²) in [6, 6.07) is 14.9. The molecule has 0 bridgehead atoms. The molecule has 1 saturated carbocycles. The summed E-state index contributed by atoms with van der Waals surface area (Å²) in [6.07, 6.45) is 2.82. The van der Waals surface area contributed by atoms with Crippen LogP contribution in [0.25, 0.3) is 0 Å². The zero-order valence-electron chi connectivity index (χ0n) is 17.7. The Morgan fingerprint density at radius 3 is 2.45 bits per heavy atom. The SMILES string of the molecule is CC(=O)Nc1ccccc1O[C@H]1CC[C@@H](N2CCC(Oc3ccc(Cl)cc3)CC2)[C@H]1O. The van der Waals surface area contributed by atoms with E-state index in [2.05, 4.69) is 10.2 Å². The number of hydrogen-bond acceptors (Lipinski definition) is 5. The van der Waals surface area contributed by atoms with E-state index in [0.717, 1.165) is 44.5 Å². The van der Waals surface area contributed by atoms with Crippen LogP contribution in [0.2, 0.25) is 5.02 Å². The van der Waals surface area contributed by atoms with Crippen LogP contribution in [0, 0.1) is 0 Å². The number of hydrogen-bond donors (Lipinski definition) is 2. The van der Waals surface area contributed by atoms with Gasteiger partial charge in [-0.1, -0.05) is 23.7 Å². The van der Waals surface area contributed by atoms with Crippen molar-refractivity contribution in [3.05, 3.63) is 53.6 Å². The Hall–Kier alpha value is -2.28. The van der Waals surface area contributed by atoms with Crippen molar-refractivity contribution in [2.24, 2.45) is 0 Å². The number of carbonyl (C=O) groups is 1. The van der Waals surface area contributed by atoms with Crippen molar-refractivity contribution in [2.75, 3.05) is 18.4 Å². The molecule has 1 amide bonds. The summed E-state index contributed by atoms with van der Waals surface area (Å²) in [6.45, 7) is 3.24. The number of carbonyl (C=O) groups excluding carboxylic acids is 1. The number of likely N-dealkylation sites (tertiary alicyclic amines) is 1. The van der Waals surface area contributed by atoms with E-state index in [-0.39, 0.29) is 24.2 Å². The number of rotatable bonds is 6. The monoisotopic (exact) mass is 444 g/mol. The van der Waals surface area contributed by atoms with Crippen LogP contribution in [0.15, 0.2) is 48.5 Å². The molecule has 1 aliphatic carbocycles. The molecule has 0 radical (unpaired) electrons. The first-order chi connectivity index (χ1) is 15.0. The predicted octanol–water partition coefficient (Wildman–Crippen LogP) is 4.11. The molecule has 2 N–H and O–H groups in total. The Labute approximate surface area is 188 Å². The number of benzene rings is 2. The first-order valence-electron chi connectivity index (χ1n) is 10.9. The first kappa shape index (κ1) is 21.9. The van der Waals surface area contributed by atoms with E-state index in [0.29, 0.717) is 16.5 Å². The maximum atomic E-state index is 11.4.